The topological polar surface area (TPSA) is 106 Å². The number of aromatic nitrogens is 2. The lowest BCUT2D eigenvalue weighted by Gasteiger charge is -2.07. The number of nitrogens with zero attached hydrogens (tertiary/aromatic N) is 4. The minimum absolute atomic E-state index is 0.0240. The summed E-state index contributed by atoms with van der Waals surface area (Å²) in [7, 11) is 1.79. The number of hydrogen-bond donors (Lipinski definition) is 2. The molecule has 2 aromatic carbocycles. The molecular weight excluding hydrogens is 404 g/mol. The molecule has 0 saturated heterocycles. The van der Waals surface area contributed by atoms with E-state index in [4.69, 9.17) is 12.2 Å². The van der Waals surface area contributed by atoms with Gasteiger partial charge < -0.3 is 5.32 Å². The van der Waals surface area contributed by atoms with Gasteiger partial charge in [-0.25, -0.2) is 4.68 Å². The third kappa shape index (κ3) is 4.28. The molecule has 0 aliphatic heterocycles. The van der Waals surface area contributed by atoms with E-state index in [0.29, 0.717) is 22.7 Å². The van der Waals surface area contributed by atoms with Crippen molar-refractivity contribution in [3.8, 4) is 5.69 Å². The van der Waals surface area contributed by atoms with Crippen molar-refractivity contribution in [3.63, 3.8) is 0 Å². The first-order valence-corrected chi connectivity index (χ1v) is 9.40. The molecule has 154 valence electrons. The molecule has 0 atom stereocenters. The lowest BCUT2D eigenvalue weighted by Crippen LogP contribution is -2.28. The molecular formula is C20H20N6O3S. The van der Waals surface area contributed by atoms with E-state index >= 15 is 0 Å². The highest BCUT2D eigenvalue weighted by Gasteiger charge is 2.17. The van der Waals surface area contributed by atoms with E-state index in [-0.39, 0.29) is 16.4 Å². The average molecular weight is 424 g/mol. The molecule has 30 heavy (non-hydrogen) atoms. The molecule has 10 heteroatoms. The fourth-order valence-electron chi connectivity index (χ4n) is 2.90. The zero-order valence-corrected chi connectivity index (χ0v) is 17.4. The van der Waals surface area contributed by atoms with Gasteiger partial charge >= 0.3 is 0 Å². The number of non-ortho nitro benzene ring substituents is 1. The highest BCUT2D eigenvalue weighted by Crippen LogP contribution is 2.15. The highest BCUT2D eigenvalue weighted by atomic mass is 32.1. The first-order valence-electron chi connectivity index (χ1n) is 8.99. The van der Waals surface area contributed by atoms with Gasteiger partial charge in [-0.1, -0.05) is 30.3 Å². The van der Waals surface area contributed by atoms with Gasteiger partial charge in [0.15, 0.2) is 5.11 Å². The zero-order chi connectivity index (χ0) is 21.8. The molecule has 0 radical (unpaired) electrons. The molecule has 1 aromatic heterocycles. The van der Waals surface area contributed by atoms with Gasteiger partial charge in [-0.2, -0.15) is 5.10 Å². The summed E-state index contributed by atoms with van der Waals surface area (Å²) in [6, 6.07) is 15.4. The van der Waals surface area contributed by atoms with E-state index in [2.05, 4.69) is 15.8 Å². The first kappa shape index (κ1) is 20.9. The maximum atomic E-state index is 12.9. The highest BCUT2D eigenvalue weighted by molar-refractivity contribution is 7.80. The number of nitro groups is 1. The molecule has 9 nitrogen and oxygen atoms in total. The van der Waals surface area contributed by atoms with Crippen LogP contribution in [0.1, 0.15) is 18.2 Å². The predicted molar refractivity (Wildman–Crippen MR) is 120 cm³/mol. The van der Waals surface area contributed by atoms with Crippen LogP contribution in [-0.4, -0.2) is 25.1 Å². The molecule has 0 saturated carbocycles. The van der Waals surface area contributed by atoms with Crippen LogP contribution >= 0.6 is 12.2 Å². The number of rotatable bonds is 5. The van der Waals surface area contributed by atoms with Crippen molar-refractivity contribution in [1.29, 1.82) is 0 Å². The van der Waals surface area contributed by atoms with E-state index in [9.17, 15) is 14.9 Å². The van der Waals surface area contributed by atoms with Crippen molar-refractivity contribution >= 4 is 34.4 Å². The van der Waals surface area contributed by atoms with Gasteiger partial charge in [0, 0.05) is 24.7 Å². The molecule has 3 rings (SSSR count). The summed E-state index contributed by atoms with van der Waals surface area (Å²) in [5.41, 5.74) is 5.28. The van der Waals surface area contributed by atoms with Crippen LogP contribution in [0.2, 0.25) is 0 Å². The Bertz CT molecular complexity index is 1200. The van der Waals surface area contributed by atoms with Gasteiger partial charge in [-0.15, -0.1) is 0 Å². The Morgan fingerprint density at radius 2 is 1.87 bits per heavy atom. The van der Waals surface area contributed by atoms with Crippen molar-refractivity contribution in [1.82, 2.24) is 14.8 Å². The second-order valence-electron chi connectivity index (χ2n) is 6.51. The zero-order valence-electron chi connectivity index (χ0n) is 16.6. The predicted octanol–water partition coefficient (Wildman–Crippen LogP) is 3.10. The second-order valence-corrected chi connectivity index (χ2v) is 6.92. The molecule has 2 N–H and O–H groups in total. The van der Waals surface area contributed by atoms with Crippen molar-refractivity contribution in [3.05, 3.63) is 86.3 Å². The number of anilines is 1. The smallest absolute Gasteiger partial charge is 0.295 e. The standard InChI is InChI=1S/C20H20N6O3S/c1-13(15-8-7-11-17(12-15)26(28)29)22-23-20(30)21-18-14(2)24(3)25(19(18)27)16-9-5-4-6-10-16/h4-12H,1-3H3,(H2,21,23,30)/b22-13-. The molecule has 0 amide bonds. The Morgan fingerprint density at radius 3 is 2.53 bits per heavy atom. The van der Waals surface area contributed by atoms with E-state index in [1.807, 2.05) is 37.3 Å². The van der Waals surface area contributed by atoms with E-state index < -0.39 is 4.92 Å². The number of hydrazone groups is 1. The van der Waals surface area contributed by atoms with Crippen LogP contribution in [0.15, 0.2) is 64.5 Å². The third-order valence-electron chi connectivity index (χ3n) is 4.59. The quantitative estimate of drug-likeness (QED) is 0.282. The monoisotopic (exact) mass is 424 g/mol. The molecule has 3 aromatic rings. The Labute approximate surface area is 177 Å². The summed E-state index contributed by atoms with van der Waals surface area (Å²) >= 11 is 5.27. The van der Waals surface area contributed by atoms with Gasteiger partial charge in [-0.3, -0.25) is 25.0 Å². The van der Waals surface area contributed by atoms with E-state index in [1.165, 1.54) is 16.8 Å². The molecule has 0 bridgehead atoms. The number of para-hydroxylation sites is 1. The van der Waals surface area contributed by atoms with Crippen LogP contribution in [-0.2, 0) is 7.05 Å². The number of thiocarbonyl (C=S) groups is 1. The Balaban J connectivity index is 1.79. The Morgan fingerprint density at radius 1 is 1.17 bits per heavy atom. The number of benzene rings is 2. The third-order valence-corrected chi connectivity index (χ3v) is 4.79. The summed E-state index contributed by atoms with van der Waals surface area (Å²) in [6.45, 7) is 3.51. The van der Waals surface area contributed by atoms with E-state index in [0.717, 1.165) is 5.69 Å². The maximum absolute atomic E-state index is 12.9. The SMILES string of the molecule is C/C(=N/NC(=S)Nc1c(C)n(C)n(-c2ccccc2)c1=O)c1cccc([N+](=O)[O-])c1. The van der Waals surface area contributed by atoms with Crippen LogP contribution in [0.5, 0.6) is 0 Å². The Kier molecular flexibility index (Phi) is 6.07. The average Bonchev–Trinajstić information content (AvgIpc) is 2.95. The fourth-order valence-corrected chi connectivity index (χ4v) is 3.05. The number of nitro benzene ring substituents is 1. The van der Waals surface area contributed by atoms with Crippen molar-refractivity contribution in [2.45, 2.75) is 13.8 Å². The van der Waals surface area contributed by atoms with Gasteiger partial charge in [0.1, 0.15) is 5.69 Å². The van der Waals surface area contributed by atoms with Crippen LogP contribution < -0.4 is 16.3 Å². The summed E-state index contributed by atoms with van der Waals surface area (Å²) in [6.07, 6.45) is 0. The Hall–Kier alpha value is -3.79. The lowest BCUT2D eigenvalue weighted by atomic mass is 10.1. The minimum Gasteiger partial charge on any atom is -0.325 e. The van der Waals surface area contributed by atoms with Crippen LogP contribution in [0.25, 0.3) is 5.69 Å². The minimum atomic E-state index is -0.466. The summed E-state index contributed by atoms with van der Waals surface area (Å²) in [5.74, 6) is 0. The molecule has 0 unspecified atom stereocenters. The normalized spacial score (nSPS) is 11.2. The summed E-state index contributed by atoms with van der Waals surface area (Å²) in [5, 5.41) is 18.1. The second kappa shape index (κ2) is 8.70. The number of hydrogen-bond acceptors (Lipinski definition) is 5. The molecule has 0 aliphatic rings. The first-order chi connectivity index (χ1) is 14.3. The fraction of sp³-hybridized carbons (Fsp3) is 0.150. The van der Waals surface area contributed by atoms with Gasteiger partial charge in [-0.05, 0) is 38.2 Å². The van der Waals surface area contributed by atoms with Crippen LogP contribution in [0.4, 0.5) is 11.4 Å². The molecule has 0 spiro atoms. The van der Waals surface area contributed by atoms with Gasteiger partial charge in [0.25, 0.3) is 11.2 Å². The molecule has 0 fully saturated rings. The largest absolute Gasteiger partial charge is 0.325 e. The number of nitrogens with one attached hydrogen (secondary N) is 2. The summed E-state index contributed by atoms with van der Waals surface area (Å²) < 4.78 is 3.28. The van der Waals surface area contributed by atoms with Crippen LogP contribution in [0, 0.1) is 17.0 Å². The molecule has 1 heterocycles. The van der Waals surface area contributed by atoms with Gasteiger partial charge in [0.05, 0.1) is 22.0 Å². The van der Waals surface area contributed by atoms with Crippen molar-refractivity contribution < 1.29 is 4.92 Å². The van der Waals surface area contributed by atoms with Gasteiger partial charge in [0.2, 0.25) is 0 Å². The van der Waals surface area contributed by atoms with Crippen molar-refractivity contribution in [2.24, 2.45) is 12.1 Å². The maximum Gasteiger partial charge on any atom is 0.295 e. The summed E-state index contributed by atoms with van der Waals surface area (Å²) in [4.78, 5) is 23.4. The van der Waals surface area contributed by atoms with Crippen LogP contribution in [0.3, 0.4) is 0 Å². The lowest BCUT2D eigenvalue weighted by molar-refractivity contribution is -0.384. The molecule has 0 aliphatic carbocycles. The van der Waals surface area contributed by atoms with E-state index in [1.54, 1.807) is 30.8 Å². The van der Waals surface area contributed by atoms with Crippen molar-refractivity contribution in [2.75, 3.05) is 5.32 Å².